The SMILES string of the molecule is Cc1nn(C)c(C)c1OC(=O)[C@H]1CC(=O)N(CC(F)(F)F)C1. The van der Waals surface area contributed by atoms with Crippen LogP contribution in [0.2, 0.25) is 0 Å². The van der Waals surface area contributed by atoms with Crippen LogP contribution in [0.1, 0.15) is 17.8 Å². The molecule has 1 saturated heterocycles. The highest BCUT2D eigenvalue weighted by molar-refractivity contribution is 5.87. The first-order valence-corrected chi connectivity index (χ1v) is 6.65. The van der Waals surface area contributed by atoms with Crippen LogP contribution in [-0.2, 0) is 16.6 Å². The zero-order valence-corrected chi connectivity index (χ0v) is 12.4. The van der Waals surface area contributed by atoms with Gasteiger partial charge in [-0.05, 0) is 13.8 Å². The van der Waals surface area contributed by atoms with Gasteiger partial charge in [-0.2, -0.15) is 18.3 Å². The van der Waals surface area contributed by atoms with E-state index in [0.717, 1.165) is 0 Å². The van der Waals surface area contributed by atoms with Crippen LogP contribution in [0, 0.1) is 19.8 Å². The Morgan fingerprint density at radius 2 is 2.05 bits per heavy atom. The number of halogens is 3. The molecule has 6 nitrogen and oxygen atoms in total. The molecule has 0 bridgehead atoms. The number of alkyl halides is 3. The van der Waals surface area contributed by atoms with Crippen molar-refractivity contribution in [2.24, 2.45) is 13.0 Å². The fourth-order valence-corrected chi connectivity index (χ4v) is 2.39. The predicted molar refractivity (Wildman–Crippen MR) is 69.1 cm³/mol. The molecule has 1 aromatic rings. The molecule has 0 aliphatic carbocycles. The van der Waals surface area contributed by atoms with Gasteiger partial charge in [0.1, 0.15) is 12.2 Å². The molecule has 2 heterocycles. The lowest BCUT2D eigenvalue weighted by Crippen LogP contribution is -2.36. The summed E-state index contributed by atoms with van der Waals surface area (Å²) in [6, 6.07) is 0. The monoisotopic (exact) mass is 319 g/mol. The molecule has 0 unspecified atom stereocenters. The standard InChI is InChI=1S/C13H16F3N3O3/c1-7-11(8(2)18(3)17-7)22-12(21)9-4-10(20)19(5-9)6-13(14,15)16/h9H,4-6H2,1-3H3/t9-/m0/s1. The van der Waals surface area contributed by atoms with Gasteiger partial charge in [0.15, 0.2) is 5.75 Å². The van der Waals surface area contributed by atoms with E-state index in [2.05, 4.69) is 5.10 Å². The number of likely N-dealkylation sites (tertiary alicyclic amines) is 1. The molecule has 122 valence electrons. The highest BCUT2D eigenvalue weighted by atomic mass is 19.4. The zero-order valence-electron chi connectivity index (χ0n) is 12.4. The molecular formula is C13H16F3N3O3. The van der Waals surface area contributed by atoms with Crippen LogP contribution in [-0.4, -0.2) is 45.8 Å². The maximum absolute atomic E-state index is 12.3. The zero-order chi connectivity index (χ0) is 16.7. The summed E-state index contributed by atoms with van der Waals surface area (Å²) in [5, 5.41) is 4.08. The van der Waals surface area contributed by atoms with Crippen molar-refractivity contribution in [3.05, 3.63) is 11.4 Å². The van der Waals surface area contributed by atoms with E-state index in [0.29, 0.717) is 16.3 Å². The summed E-state index contributed by atoms with van der Waals surface area (Å²) in [4.78, 5) is 24.3. The summed E-state index contributed by atoms with van der Waals surface area (Å²) in [6.07, 6.45) is -4.75. The summed E-state index contributed by atoms with van der Waals surface area (Å²) >= 11 is 0. The summed E-state index contributed by atoms with van der Waals surface area (Å²) < 4.78 is 43.8. The van der Waals surface area contributed by atoms with Gasteiger partial charge in [0, 0.05) is 20.0 Å². The first-order chi connectivity index (χ1) is 10.1. The molecule has 1 amide bonds. The Bertz CT molecular complexity index is 610. The number of carbonyl (C=O) groups is 2. The van der Waals surface area contributed by atoms with Gasteiger partial charge in [0.05, 0.1) is 11.6 Å². The first-order valence-electron chi connectivity index (χ1n) is 6.65. The summed E-state index contributed by atoms with van der Waals surface area (Å²) in [5.41, 5.74) is 1.13. The average molecular weight is 319 g/mol. The van der Waals surface area contributed by atoms with Crippen molar-refractivity contribution in [1.29, 1.82) is 0 Å². The minimum atomic E-state index is -4.48. The second kappa shape index (κ2) is 5.62. The van der Waals surface area contributed by atoms with E-state index in [1.54, 1.807) is 20.9 Å². The average Bonchev–Trinajstić information content (AvgIpc) is 2.83. The molecule has 1 atom stereocenters. The van der Waals surface area contributed by atoms with Crippen LogP contribution >= 0.6 is 0 Å². The molecule has 1 aromatic heterocycles. The number of carbonyl (C=O) groups excluding carboxylic acids is 2. The Hall–Kier alpha value is -2.06. The van der Waals surface area contributed by atoms with Crippen LogP contribution < -0.4 is 4.74 Å². The Balaban J connectivity index is 2.04. The van der Waals surface area contributed by atoms with Crippen molar-refractivity contribution in [3.8, 4) is 5.75 Å². The van der Waals surface area contributed by atoms with Crippen molar-refractivity contribution in [3.63, 3.8) is 0 Å². The van der Waals surface area contributed by atoms with Gasteiger partial charge in [0.2, 0.25) is 5.91 Å². The molecule has 9 heteroatoms. The molecular weight excluding hydrogens is 303 g/mol. The molecule has 1 fully saturated rings. The highest BCUT2D eigenvalue weighted by Gasteiger charge is 2.41. The lowest BCUT2D eigenvalue weighted by atomic mass is 10.1. The fraction of sp³-hybridized carbons (Fsp3) is 0.615. The van der Waals surface area contributed by atoms with Gasteiger partial charge in [-0.3, -0.25) is 14.3 Å². The van der Waals surface area contributed by atoms with E-state index >= 15 is 0 Å². The molecule has 0 saturated carbocycles. The molecule has 0 aromatic carbocycles. The van der Waals surface area contributed by atoms with Gasteiger partial charge >= 0.3 is 12.1 Å². The topological polar surface area (TPSA) is 64.4 Å². The van der Waals surface area contributed by atoms with Gasteiger partial charge in [-0.25, -0.2) is 0 Å². The number of hydrogen-bond acceptors (Lipinski definition) is 4. The Morgan fingerprint density at radius 1 is 1.41 bits per heavy atom. The summed E-state index contributed by atoms with van der Waals surface area (Å²) in [6.45, 7) is 1.74. The predicted octanol–water partition coefficient (Wildman–Crippen LogP) is 1.35. The normalized spacial score (nSPS) is 18.9. The highest BCUT2D eigenvalue weighted by Crippen LogP contribution is 2.27. The van der Waals surface area contributed by atoms with Gasteiger partial charge < -0.3 is 9.64 Å². The van der Waals surface area contributed by atoms with E-state index in [1.807, 2.05) is 0 Å². The van der Waals surface area contributed by atoms with Crippen molar-refractivity contribution in [2.75, 3.05) is 13.1 Å². The van der Waals surface area contributed by atoms with Gasteiger partial charge in [-0.15, -0.1) is 0 Å². The number of ether oxygens (including phenoxy) is 1. The minimum absolute atomic E-state index is 0.271. The molecule has 0 radical (unpaired) electrons. The molecule has 2 rings (SSSR count). The third kappa shape index (κ3) is 3.40. The number of rotatable bonds is 3. The molecule has 0 N–H and O–H groups in total. The maximum atomic E-state index is 12.3. The Morgan fingerprint density at radius 3 is 2.55 bits per heavy atom. The van der Waals surface area contributed by atoms with Crippen molar-refractivity contribution in [1.82, 2.24) is 14.7 Å². The summed E-state index contributed by atoms with van der Waals surface area (Å²) in [7, 11) is 1.68. The van der Waals surface area contributed by atoms with E-state index in [-0.39, 0.29) is 18.7 Å². The molecule has 22 heavy (non-hydrogen) atoms. The van der Waals surface area contributed by atoms with Crippen molar-refractivity contribution in [2.45, 2.75) is 26.4 Å². The van der Waals surface area contributed by atoms with E-state index in [9.17, 15) is 22.8 Å². The molecule has 1 aliphatic rings. The smallest absolute Gasteiger partial charge is 0.406 e. The third-order valence-electron chi connectivity index (χ3n) is 3.56. The lowest BCUT2D eigenvalue weighted by Gasteiger charge is -2.18. The number of hydrogen-bond donors (Lipinski definition) is 0. The van der Waals surface area contributed by atoms with Gasteiger partial charge in [0.25, 0.3) is 0 Å². The second-order valence-electron chi connectivity index (χ2n) is 5.34. The van der Waals surface area contributed by atoms with Crippen LogP contribution in [0.3, 0.4) is 0 Å². The molecule has 0 spiro atoms. The fourth-order valence-electron chi connectivity index (χ4n) is 2.39. The largest absolute Gasteiger partial charge is 0.422 e. The van der Waals surface area contributed by atoms with E-state index in [1.165, 1.54) is 4.68 Å². The van der Waals surface area contributed by atoms with E-state index in [4.69, 9.17) is 4.74 Å². The quantitative estimate of drug-likeness (QED) is 0.789. The van der Waals surface area contributed by atoms with E-state index < -0.39 is 30.5 Å². The number of aryl methyl sites for hydroxylation is 2. The van der Waals surface area contributed by atoms with Crippen LogP contribution in [0.4, 0.5) is 13.2 Å². The van der Waals surface area contributed by atoms with Crippen LogP contribution in [0.5, 0.6) is 5.75 Å². The Labute approximate surface area is 124 Å². The van der Waals surface area contributed by atoms with Crippen LogP contribution in [0.25, 0.3) is 0 Å². The third-order valence-corrected chi connectivity index (χ3v) is 3.56. The van der Waals surface area contributed by atoms with Crippen molar-refractivity contribution >= 4 is 11.9 Å². The minimum Gasteiger partial charge on any atom is -0.422 e. The van der Waals surface area contributed by atoms with Crippen molar-refractivity contribution < 1.29 is 27.5 Å². The lowest BCUT2D eigenvalue weighted by molar-refractivity contribution is -0.157. The molecule has 1 aliphatic heterocycles. The number of esters is 1. The summed E-state index contributed by atoms with van der Waals surface area (Å²) in [5.74, 6) is -2.01. The first kappa shape index (κ1) is 16.3. The second-order valence-corrected chi connectivity index (χ2v) is 5.34. The van der Waals surface area contributed by atoms with Crippen LogP contribution in [0.15, 0.2) is 0 Å². The Kier molecular flexibility index (Phi) is 4.17. The number of amides is 1. The number of nitrogens with zero attached hydrogens (tertiary/aromatic N) is 3. The number of aromatic nitrogens is 2. The van der Waals surface area contributed by atoms with Gasteiger partial charge in [-0.1, -0.05) is 0 Å². The maximum Gasteiger partial charge on any atom is 0.406 e.